The van der Waals surface area contributed by atoms with Crippen molar-refractivity contribution >= 4 is 35.0 Å². The van der Waals surface area contributed by atoms with Crippen molar-refractivity contribution in [3.05, 3.63) is 28.8 Å². The number of nitrogens with one attached hydrogen (secondary N) is 1. The molecule has 0 unspecified atom stereocenters. The molecule has 1 aromatic carbocycles. The summed E-state index contributed by atoms with van der Waals surface area (Å²) in [7, 11) is 0. The molecule has 0 aliphatic carbocycles. The molecular weight excluding hydrogens is 390 g/mol. The van der Waals surface area contributed by atoms with Crippen molar-refractivity contribution in [3.8, 4) is 0 Å². The first-order chi connectivity index (χ1) is 13.5. The van der Waals surface area contributed by atoms with E-state index in [0.29, 0.717) is 23.8 Å². The van der Waals surface area contributed by atoms with Crippen LogP contribution in [0.15, 0.2) is 23.3 Å². The van der Waals surface area contributed by atoms with Crippen molar-refractivity contribution in [3.63, 3.8) is 0 Å². The molecule has 0 fully saturated rings. The Labute approximate surface area is 168 Å². The van der Waals surface area contributed by atoms with Crippen molar-refractivity contribution in [2.75, 3.05) is 51.2 Å². The first-order valence-electron chi connectivity index (χ1n) is 8.82. The first kappa shape index (κ1) is 22.1. The molecule has 0 spiro atoms. The van der Waals surface area contributed by atoms with E-state index in [1.807, 2.05) is 30.1 Å². The van der Waals surface area contributed by atoms with E-state index in [0.717, 1.165) is 11.3 Å². The molecule has 0 atom stereocenters. The molecule has 1 amide bonds. The quantitative estimate of drug-likeness (QED) is 0.528. The Hall–Kier alpha value is -2.20. The van der Waals surface area contributed by atoms with Crippen molar-refractivity contribution in [2.45, 2.75) is 13.3 Å². The van der Waals surface area contributed by atoms with Crippen LogP contribution in [0.2, 0.25) is 5.02 Å². The van der Waals surface area contributed by atoms with Gasteiger partial charge in [-0.3, -0.25) is 9.80 Å². The van der Waals surface area contributed by atoms with E-state index in [1.165, 1.54) is 0 Å². The average molecular weight is 414 g/mol. The Morgan fingerprint density at radius 3 is 2.54 bits per heavy atom. The van der Waals surface area contributed by atoms with Gasteiger partial charge in [-0.05, 0) is 30.7 Å². The van der Waals surface area contributed by atoms with Gasteiger partial charge in [-0.2, -0.15) is 5.10 Å². The standard InChI is InChI=1S/C18H24ClN3O6/c1-13-10-14(2-3-15(13)19)22-5-4-16(21-22)20-17(23)11-27-8-6-26-7-9-28-12-18(24)25/h2-3,10H,4-9,11-12H2,1H3,(H,24,25)(H,20,21,23). The number of ether oxygens (including phenoxy) is 3. The molecule has 1 aliphatic rings. The highest BCUT2D eigenvalue weighted by atomic mass is 35.5. The van der Waals surface area contributed by atoms with Gasteiger partial charge in [-0.25, -0.2) is 4.79 Å². The van der Waals surface area contributed by atoms with Crippen LogP contribution in [0.1, 0.15) is 12.0 Å². The van der Waals surface area contributed by atoms with Crippen molar-refractivity contribution in [2.24, 2.45) is 5.10 Å². The molecule has 1 aromatic rings. The minimum atomic E-state index is -1.02. The second kappa shape index (κ2) is 11.6. The van der Waals surface area contributed by atoms with Crippen LogP contribution in [0.5, 0.6) is 0 Å². The molecule has 0 bridgehead atoms. The number of halogens is 1. The van der Waals surface area contributed by atoms with Gasteiger partial charge in [0.2, 0.25) is 0 Å². The van der Waals surface area contributed by atoms with E-state index in [4.69, 9.17) is 30.9 Å². The molecule has 28 heavy (non-hydrogen) atoms. The Morgan fingerprint density at radius 2 is 1.86 bits per heavy atom. The van der Waals surface area contributed by atoms with E-state index in [1.54, 1.807) is 0 Å². The predicted molar refractivity (Wildman–Crippen MR) is 104 cm³/mol. The number of nitrogens with zero attached hydrogens (tertiary/aromatic N) is 2. The van der Waals surface area contributed by atoms with Crippen molar-refractivity contribution in [1.82, 2.24) is 5.32 Å². The van der Waals surface area contributed by atoms with Crippen LogP contribution in [0.4, 0.5) is 5.69 Å². The minimum Gasteiger partial charge on any atom is -0.480 e. The largest absolute Gasteiger partial charge is 0.480 e. The summed E-state index contributed by atoms with van der Waals surface area (Å²) in [6.07, 6.45) is 0.632. The number of amides is 1. The van der Waals surface area contributed by atoms with Gasteiger partial charge in [0.15, 0.2) is 0 Å². The van der Waals surface area contributed by atoms with Crippen LogP contribution in [0.25, 0.3) is 0 Å². The lowest BCUT2D eigenvalue weighted by Gasteiger charge is -2.14. The third-order valence-corrected chi connectivity index (χ3v) is 4.15. The normalized spacial score (nSPS) is 13.5. The number of anilines is 1. The summed E-state index contributed by atoms with van der Waals surface area (Å²) in [5.41, 5.74) is 1.89. The van der Waals surface area contributed by atoms with Crippen LogP contribution < -0.4 is 10.3 Å². The Kier molecular flexibility index (Phi) is 9.15. The van der Waals surface area contributed by atoms with E-state index in [-0.39, 0.29) is 45.5 Å². The summed E-state index contributed by atoms with van der Waals surface area (Å²) in [5, 5.41) is 18.1. The van der Waals surface area contributed by atoms with Gasteiger partial charge < -0.3 is 24.6 Å². The third kappa shape index (κ3) is 7.81. The molecule has 1 heterocycles. The molecule has 10 heteroatoms. The van der Waals surface area contributed by atoms with Crippen molar-refractivity contribution in [1.29, 1.82) is 0 Å². The lowest BCUT2D eigenvalue weighted by Crippen LogP contribution is -2.33. The number of benzene rings is 1. The van der Waals surface area contributed by atoms with Crippen LogP contribution in [-0.2, 0) is 23.8 Å². The van der Waals surface area contributed by atoms with Gasteiger partial charge in [-0.15, -0.1) is 0 Å². The molecule has 2 N–H and O–H groups in total. The predicted octanol–water partition coefficient (Wildman–Crippen LogP) is 1.42. The number of amidine groups is 1. The Bertz CT molecular complexity index is 713. The van der Waals surface area contributed by atoms with E-state index in [2.05, 4.69) is 10.4 Å². The number of hydrogen-bond donors (Lipinski definition) is 2. The van der Waals surface area contributed by atoms with Gasteiger partial charge in [-0.1, -0.05) is 11.6 Å². The number of rotatable bonds is 11. The highest BCUT2D eigenvalue weighted by Gasteiger charge is 2.18. The number of carboxylic acid groups (broad SMARTS) is 1. The molecule has 2 rings (SSSR count). The summed E-state index contributed by atoms with van der Waals surface area (Å²) in [6, 6.07) is 5.67. The number of carboxylic acids is 1. The molecule has 0 aromatic heterocycles. The maximum atomic E-state index is 11.9. The minimum absolute atomic E-state index is 0.0993. The van der Waals surface area contributed by atoms with Crippen molar-refractivity contribution < 1.29 is 28.9 Å². The van der Waals surface area contributed by atoms with Gasteiger partial charge in [0.05, 0.1) is 32.1 Å². The smallest absolute Gasteiger partial charge is 0.329 e. The molecule has 0 radical (unpaired) electrons. The van der Waals surface area contributed by atoms with Gasteiger partial charge in [0.25, 0.3) is 5.91 Å². The molecule has 0 saturated heterocycles. The van der Waals surface area contributed by atoms with E-state index >= 15 is 0 Å². The number of carbonyl (C=O) groups excluding carboxylic acids is 1. The summed E-state index contributed by atoms with van der Waals surface area (Å²) >= 11 is 6.04. The SMILES string of the molecule is Cc1cc(N2CCC(NC(=O)COCCOCCOCC(=O)O)=N2)ccc1Cl. The lowest BCUT2D eigenvalue weighted by molar-refractivity contribution is -0.142. The zero-order valence-corrected chi connectivity index (χ0v) is 16.4. The fourth-order valence-corrected chi connectivity index (χ4v) is 2.50. The fourth-order valence-electron chi connectivity index (χ4n) is 2.38. The number of aliphatic carboxylic acids is 1. The first-order valence-corrected chi connectivity index (χ1v) is 9.19. The molecular formula is C18H24ClN3O6. The molecule has 154 valence electrons. The number of hydrazone groups is 1. The molecule has 0 saturated carbocycles. The summed E-state index contributed by atoms with van der Waals surface area (Å²) in [6.45, 7) is 3.14. The second-order valence-corrected chi connectivity index (χ2v) is 6.42. The second-order valence-electron chi connectivity index (χ2n) is 6.01. The summed E-state index contributed by atoms with van der Waals surface area (Å²) in [5.74, 6) is -0.710. The molecule has 1 aliphatic heterocycles. The molecule has 9 nitrogen and oxygen atoms in total. The van der Waals surface area contributed by atoms with E-state index in [9.17, 15) is 9.59 Å². The highest BCUT2D eigenvalue weighted by Crippen LogP contribution is 2.24. The Morgan fingerprint density at radius 1 is 1.18 bits per heavy atom. The van der Waals surface area contributed by atoms with E-state index < -0.39 is 5.97 Å². The van der Waals surface area contributed by atoms with Crippen LogP contribution in [0.3, 0.4) is 0 Å². The Balaban J connectivity index is 1.59. The number of hydrogen-bond acceptors (Lipinski definition) is 7. The third-order valence-electron chi connectivity index (χ3n) is 3.73. The summed E-state index contributed by atoms with van der Waals surface area (Å²) < 4.78 is 15.2. The van der Waals surface area contributed by atoms with Gasteiger partial charge >= 0.3 is 5.97 Å². The highest BCUT2D eigenvalue weighted by molar-refractivity contribution is 6.31. The number of aryl methyl sites for hydroxylation is 1. The van der Waals surface area contributed by atoms with Crippen LogP contribution in [-0.4, -0.2) is 69.0 Å². The number of carbonyl (C=O) groups is 2. The fraction of sp³-hybridized carbons (Fsp3) is 0.500. The van der Waals surface area contributed by atoms with Gasteiger partial charge in [0, 0.05) is 18.0 Å². The summed E-state index contributed by atoms with van der Waals surface area (Å²) in [4.78, 5) is 22.1. The van der Waals surface area contributed by atoms with Crippen LogP contribution in [0, 0.1) is 6.92 Å². The van der Waals surface area contributed by atoms with Gasteiger partial charge in [0.1, 0.15) is 19.0 Å². The zero-order chi connectivity index (χ0) is 20.4. The average Bonchev–Trinajstić information content (AvgIpc) is 3.10. The maximum Gasteiger partial charge on any atom is 0.329 e. The van der Waals surface area contributed by atoms with Crippen LogP contribution >= 0.6 is 11.6 Å². The maximum absolute atomic E-state index is 11.9. The monoisotopic (exact) mass is 413 g/mol. The topological polar surface area (TPSA) is 110 Å². The lowest BCUT2D eigenvalue weighted by atomic mass is 10.2. The zero-order valence-electron chi connectivity index (χ0n) is 15.6.